The van der Waals surface area contributed by atoms with Crippen molar-refractivity contribution in [3.8, 4) is 10.4 Å². The van der Waals surface area contributed by atoms with Crippen LogP contribution in [0.4, 0.5) is 4.79 Å². The molecule has 41 heavy (non-hydrogen) atoms. The van der Waals surface area contributed by atoms with Crippen LogP contribution in [0.15, 0.2) is 29.8 Å². The number of thiazole rings is 1. The SMILES string of the molecule is Cc1ncsc1-c1ccc(CNC(=O)CCC(O)CNC(=O)[C@@H](NC(=O)COOOOOC(=O)O)C(C)(C)C)cc1. The molecule has 1 aromatic heterocycles. The molecule has 1 aromatic carbocycles. The molecule has 0 saturated heterocycles. The highest BCUT2D eigenvalue weighted by Gasteiger charge is 2.33. The van der Waals surface area contributed by atoms with E-state index in [9.17, 15) is 24.3 Å². The number of benzene rings is 1. The van der Waals surface area contributed by atoms with Crippen LogP contribution in [0, 0.1) is 12.3 Å². The summed E-state index contributed by atoms with van der Waals surface area (Å²) in [6, 6.07) is 6.80. The first-order valence-electron chi connectivity index (χ1n) is 12.4. The first-order chi connectivity index (χ1) is 19.4. The molecule has 226 valence electrons. The average Bonchev–Trinajstić information content (AvgIpc) is 3.35. The molecule has 16 heteroatoms. The summed E-state index contributed by atoms with van der Waals surface area (Å²) in [5, 5.41) is 37.5. The lowest BCUT2D eigenvalue weighted by molar-refractivity contribution is -0.696. The van der Waals surface area contributed by atoms with Gasteiger partial charge in [-0.25, -0.2) is 14.7 Å². The number of rotatable bonds is 16. The van der Waals surface area contributed by atoms with Crippen molar-refractivity contribution in [3.63, 3.8) is 0 Å². The van der Waals surface area contributed by atoms with Crippen molar-refractivity contribution in [1.82, 2.24) is 20.9 Å². The number of aliphatic hydroxyl groups is 1. The van der Waals surface area contributed by atoms with Crippen LogP contribution in [0.25, 0.3) is 10.4 Å². The Hall–Kier alpha value is -3.67. The third-order valence-corrected chi connectivity index (χ3v) is 6.48. The maximum atomic E-state index is 12.7. The monoisotopic (exact) mass is 598 g/mol. The van der Waals surface area contributed by atoms with Crippen LogP contribution in [0.2, 0.25) is 0 Å². The van der Waals surface area contributed by atoms with Gasteiger partial charge in [-0.2, -0.15) is 4.89 Å². The van der Waals surface area contributed by atoms with E-state index in [0.717, 1.165) is 21.7 Å². The summed E-state index contributed by atoms with van der Waals surface area (Å²) in [5.41, 5.74) is 4.03. The Bertz CT molecular complexity index is 1150. The Morgan fingerprint density at radius 2 is 1.73 bits per heavy atom. The number of carbonyl (C=O) groups is 4. The lowest BCUT2D eigenvalue weighted by Gasteiger charge is -2.30. The molecule has 0 radical (unpaired) electrons. The second kappa shape index (κ2) is 16.6. The second-order valence-electron chi connectivity index (χ2n) is 9.86. The summed E-state index contributed by atoms with van der Waals surface area (Å²) in [7, 11) is 0. The normalized spacial score (nSPS) is 12.7. The van der Waals surface area contributed by atoms with Gasteiger partial charge in [-0.15, -0.1) is 11.3 Å². The predicted molar refractivity (Wildman–Crippen MR) is 142 cm³/mol. The van der Waals surface area contributed by atoms with E-state index >= 15 is 0 Å². The van der Waals surface area contributed by atoms with Crippen LogP contribution in [-0.4, -0.2) is 64.4 Å². The lowest BCUT2D eigenvalue weighted by Crippen LogP contribution is -2.55. The molecule has 2 rings (SSSR count). The zero-order valence-corrected chi connectivity index (χ0v) is 23.8. The van der Waals surface area contributed by atoms with Crippen molar-refractivity contribution < 1.29 is 54.3 Å². The third kappa shape index (κ3) is 12.6. The standard InChI is InChI=1S/C25H34N4O11S/c1-15-21(41-14-28-15)17-7-5-16(6-8-17)11-26-19(31)10-9-18(30)12-27-23(33)22(25(2,3)4)29-20(32)13-36-38-40-39-37-24(34)35/h5-8,14,18,22,30H,9-13H2,1-4H3,(H,26,31)(H,27,33)(H,29,32)(H,34,35)/t18?,22-/m1/s1. The smallest absolute Gasteiger partial charge is 0.448 e. The number of hydrogen-bond donors (Lipinski definition) is 5. The first-order valence-corrected chi connectivity index (χ1v) is 13.3. The molecule has 0 saturated carbocycles. The molecule has 5 N–H and O–H groups in total. The van der Waals surface area contributed by atoms with Gasteiger partial charge in [-0.3, -0.25) is 14.4 Å². The molecule has 0 aliphatic heterocycles. The van der Waals surface area contributed by atoms with Crippen molar-refractivity contribution in [2.45, 2.75) is 59.2 Å². The highest BCUT2D eigenvalue weighted by Crippen LogP contribution is 2.27. The summed E-state index contributed by atoms with van der Waals surface area (Å²) in [6.07, 6.45) is -2.64. The van der Waals surface area contributed by atoms with Gasteiger partial charge in [0.15, 0.2) is 6.61 Å². The minimum atomic E-state index is -1.81. The van der Waals surface area contributed by atoms with Crippen LogP contribution in [0.1, 0.15) is 44.9 Å². The van der Waals surface area contributed by atoms with Crippen molar-refractivity contribution in [3.05, 3.63) is 41.0 Å². The number of aliphatic hydroxyl groups excluding tert-OH is 1. The highest BCUT2D eigenvalue weighted by molar-refractivity contribution is 7.13. The maximum absolute atomic E-state index is 12.7. The Morgan fingerprint density at radius 1 is 1.02 bits per heavy atom. The third-order valence-electron chi connectivity index (χ3n) is 5.50. The number of amides is 3. The molecule has 15 nitrogen and oxygen atoms in total. The van der Waals surface area contributed by atoms with Crippen LogP contribution < -0.4 is 16.0 Å². The Morgan fingerprint density at radius 3 is 2.34 bits per heavy atom. The van der Waals surface area contributed by atoms with Crippen LogP contribution >= 0.6 is 11.3 Å². The first kappa shape index (κ1) is 33.5. The minimum absolute atomic E-state index is 0.0508. The minimum Gasteiger partial charge on any atom is -0.448 e. The summed E-state index contributed by atoms with van der Waals surface area (Å²) >= 11 is 1.57. The Labute approximate surface area is 239 Å². The quantitative estimate of drug-likeness (QED) is 0.107. The molecule has 2 atom stereocenters. The van der Waals surface area contributed by atoms with Gasteiger partial charge in [0.2, 0.25) is 17.7 Å². The molecule has 0 fully saturated rings. The summed E-state index contributed by atoms with van der Waals surface area (Å²) in [5.74, 6) is -1.58. The van der Waals surface area contributed by atoms with E-state index < -0.39 is 42.1 Å². The largest absolute Gasteiger partial charge is 0.540 e. The fourth-order valence-corrected chi connectivity index (χ4v) is 4.20. The van der Waals surface area contributed by atoms with Crippen LogP contribution in [0.3, 0.4) is 0 Å². The number of aromatic nitrogens is 1. The van der Waals surface area contributed by atoms with Crippen LogP contribution in [-0.2, 0) is 45.8 Å². The number of nitrogens with zero attached hydrogens (tertiary/aromatic N) is 1. The number of aryl methyl sites for hydroxylation is 1. The van der Waals surface area contributed by atoms with Gasteiger partial charge in [0.05, 0.1) is 22.2 Å². The molecule has 0 bridgehead atoms. The molecule has 3 amide bonds. The van der Waals surface area contributed by atoms with E-state index in [1.165, 1.54) is 0 Å². The van der Waals surface area contributed by atoms with E-state index in [1.54, 1.807) is 37.6 Å². The Balaban J connectivity index is 1.69. The van der Waals surface area contributed by atoms with Gasteiger partial charge in [0.25, 0.3) is 0 Å². The fraction of sp³-hybridized carbons (Fsp3) is 0.480. The molecule has 2 aromatic rings. The second-order valence-corrected chi connectivity index (χ2v) is 10.7. The topological polar surface area (TPSA) is 204 Å². The van der Waals surface area contributed by atoms with Crippen molar-refractivity contribution in [2.75, 3.05) is 13.2 Å². The lowest BCUT2D eigenvalue weighted by atomic mass is 9.86. The average molecular weight is 599 g/mol. The molecular formula is C25H34N4O11S. The molecular weight excluding hydrogens is 564 g/mol. The molecule has 0 aliphatic rings. The Kier molecular flexibility index (Phi) is 13.5. The summed E-state index contributed by atoms with van der Waals surface area (Å²) < 4.78 is 0. The van der Waals surface area contributed by atoms with Crippen molar-refractivity contribution >= 4 is 35.2 Å². The maximum Gasteiger partial charge on any atom is 0.540 e. The van der Waals surface area contributed by atoms with Gasteiger partial charge >= 0.3 is 6.16 Å². The molecule has 0 spiro atoms. The number of carboxylic acid groups (broad SMARTS) is 1. The van der Waals surface area contributed by atoms with Gasteiger partial charge in [0, 0.05) is 29.6 Å². The zero-order valence-electron chi connectivity index (χ0n) is 23.0. The molecule has 0 aliphatic carbocycles. The van der Waals surface area contributed by atoms with E-state index in [4.69, 9.17) is 5.11 Å². The highest BCUT2D eigenvalue weighted by atomic mass is 32.1. The molecule has 1 heterocycles. The summed E-state index contributed by atoms with van der Waals surface area (Å²) in [4.78, 5) is 60.3. The fourth-order valence-electron chi connectivity index (χ4n) is 3.39. The predicted octanol–water partition coefficient (Wildman–Crippen LogP) is 1.94. The van der Waals surface area contributed by atoms with E-state index in [1.807, 2.05) is 31.2 Å². The molecule has 1 unspecified atom stereocenters. The number of nitrogens with one attached hydrogen (secondary N) is 3. The van der Waals surface area contributed by atoms with Crippen molar-refractivity contribution in [2.24, 2.45) is 5.41 Å². The van der Waals surface area contributed by atoms with E-state index in [2.05, 4.69) is 45.8 Å². The van der Waals surface area contributed by atoms with Gasteiger partial charge < -0.3 is 26.2 Å². The van der Waals surface area contributed by atoms with E-state index in [-0.39, 0.29) is 25.3 Å². The van der Waals surface area contributed by atoms with E-state index in [0.29, 0.717) is 6.54 Å². The summed E-state index contributed by atoms with van der Waals surface area (Å²) in [6.45, 7) is 6.56. The number of carbonyl (C=O) groups excluding carboxylic acids is 3. The number of hydrogen-bond acceptors (Lipinski definition) is 12. The van der Waals surface area contributed by atoms with Crippen molar-refractivity contribution in [1.29, 1.82) is 0 Å². The van der Waals surface area contributed by atoms with Crippen LogP contribution in [0.5, 0.6) is 0 Å². The van der Waals surface area contributed by atoms with Gasteiger partial charge in [-0.05, 0) is 34.9 Å². The van der Waals surface area contributed by atoms with Gasteiger partial charge in [-0.1, -0.05) is 45.0 Å². The van der Waals surface area contributed by atoms with Gasteiger partial charge in [0.1, 0.15) is 6.04 Å². The zero-order chi connectivity index (χ0) is 30.4.